The Bertz CT molecular complexity index is 3390. The van der Waals surface area contributed by atoms with Crippen LogP contribution in [-0.2, 0) is 66.1 Å². The van der Waals surface area contributed by atoms with Crippen molar-refractivity contribution in [3.63, 3.8) is 0 Å². The largest absolute Gasteiger partial charge is 0.448 e. The molecule has 0 bridgehead atoms. The van der Waals surface area contributed by atoms with Crippen LogP contribution in [0.1, 0.15) is 411 Å². The first-order valence-electron chi connectivity index (χ1n) is 41.7. The van der Waals surface area contributed by atoms with Gasteiger partial charge in [-0.15, -0.1) is 11.3 Å². The van der Waals surface area contributed by atoms with Crippen LogP contribution in [0.25, 0.3) is 0 Å². The van der Waals surface area contributed by atoms with Gasteiger partial charge < -0.3 is 22.6 Å². The highest BCUT2D eigenvalue weighted by atomic mass is 32.1. The van der Waals surface area contributed by atoms with E-state index in [-0.39, 0.29) is 49.2 Å². The van der Waals surface area contributed by atoms with Crippen LogP contribution in [0.5, 0.6) is 0 Å². The average Bonchev–Trinajstić information content (AvgIpc) is 1.43. The molecule has 8 aromatic heterocycles. The zero-order valence-electron chi connectivity index (χ0n) is 87.7. The second kappa shape index (κ2) is 55.1. The lowest BCUT2D eigenvalue weighted by atomic mass is 9.88. The summed E-state index contributed by atoms with van der Waals surface area (Å²) < 4.78 is 20.6. The smallest absolute Gasteiger partial charge is 0.347 e. The number of hydrogen-bond acceptors (Lipinski definition) is 13. The van der Waals surface area contributed by atoms with E-state index in [1.165, 1.54) is 49.8 Å². The van der Waals surface area contributed by atoms with E-state index in [1.54, 1.807) is 60.9 Å². The van der Waals surface area contributed by atoms with Gasteiger partial charge in [-0.3, -0.25) is 14.5 Å². The summed E-state index contributed by atoms with van der Waals surface area (Å²) in [6.45, 7) is 117. The maximum atomic E-state index is 11.1. The number of aromatic nitrogens is 11. The molecule has 0 fully saturated rings. The van der Waals surface area contributed by atoms with Crippen molar-refractivity contribution in [3.8, 4) is 0 Å². The number of oxazole rings is 1. The first-order valence-corrected chi connectivity index (χ1v) is 43.5. The topological polar surface area (TPSA) is 170 Å². The summed E-state index contributed by atoms with van der Waals surface area (Å²) in [6.07, 6.45) is 23.5. The Morgan fingerprint density at radius 3 is 0.906 bits per heavy atom. The van der Waals surface area contributed by atoms with Gasteiger partial charge in [0.2, 0.25) is 5.56 Å². The Morgan fingerprint density at radius 1 is 0.350 bits per heavy atom. The van der Waals surface area contributed by atoms with Gasteiger partial charge in [0.05, 0.1) is 30.4 Å². The summed E-state index contributed by atoms with van der Waals surface area (Å²) in [5.74, 6) is 0.933. The predicted molar refractivity (Wildman–Crippen MR) is 521 cm³/mol. The van der Waals surface area contributed by atoms with Crippen molar-refractivity contribution in [2.45, 2.75) is 412 Å². The van der Waals surface area contributed by atoms with Crippen LogP contribution in [0.4, 0.5) is 0 Å². The Kier molecular flexibility index (Phi) is 59.5. The number of hydrogen-bond donors (Lipinski definition) is 0. The van der Waals surface area contributed by atoms with Crippen molar-refractivity contribution in [2.24, 2.45) is 71.5 Å². The molecular weight excluding hydrogens is 1480 g/mol. The Hall–Kier alpha value is -6.07. The molecule has 0 aliphatic heterocycles. The molecule has 0 aromatic carbocycles. The number of rotatable bonds is 0. The predicted octanol–water partition coefficient (Wildman–Crippen LogP) is 30.5. The molecule has 0 aliphatic rings. The van der Waals surface area contributed by atoms with Crippen molar-refractivity contribution >= 4 is 22.9 Å². The maximum absolute atomic E-state index is 11.1. The van der Waals surface area contributed by atoms with Crippen LogP contribution in [-0.4, -0.2) is 52.9 Å². The zero-order chi connectivity index (χ0) is 95.4. The van der Waals surface area contributed by atoms with E-state index < -0.39 is 0 Å². The molecule has 682 valence electrons. The summed E-state index contributed by atoms with van der Waals surface area (Å²) in [5.41, 5.74) is 14.1. The molecule has 0 atom stereocenters. The van der Waals surface area contributed by atoms with Crippen LogP contribution in [0.3, 0.4) is 0 Å². The minimum absolute atomic E-state index is 0.0444. The second-order valence-corrected chi connectivity index (χ2v) is 51.5. The summed E-state index contributed by atoms with van der Waals surface area (Å²) in [7, 11) is 7.45. The fourth-order valence-corrected chi connectivity index (χ4v) is 7.06. The van der Waals surface area contributed by atoms with Crippen molar-refractivity contribution in [2.75, 3.05) is 0 Å². The number of nitrogens with zero attached hydrogens (tertiary/aromatic N) is 11. The number of thiazole rings is 1. The molecule has 117 heavy (non-hydrogen) atoms. The summed E-state index contributed by atoms with van der Waals surface area (Å²) in [6, 6.07) is 3.50. The SMILES string of the molecule is CC(C)(C)C.CC(C)(C)C.CC(C)(C)C.CC(C)(C)C.CC(C)(C)C.CC(C)(C)C.CC(C)(C)C.CC(C)(C)C.CC(C)(C)c1cnco1.CC(C)(C)c1cncs1.CC(C)(C)c1cnoc1.Cc1cnsc1.Cn1cc(C(C)(C)C)ccc1=O.Cn1cc(C(C)(C)C)cn1.Cn1cc(C(C)(C)C)cnc1=O.Cn1cncc1C(C)(C)C. The Labute approximate surface area is 732 Å². The lowest BCUT2D eigenvalue weighted by Gasteiger charge is -2.19. The molecule has 0 amide bonds. The monoisotopic (exact) mass is 1670 g/mol. The minimum Gasteiger partial charge on any atom is -0.448 e. The molecule has 8 aromatic rings. The molecule has 17 heteroatoms. The Morgan fingerprint density at radius 2 is 0.726 bits per heavy atom. The third-order valence-electron chi connectivity index (χ3n) is 11.1. The first-order chi connectivity index (χ1) is 51.0. The van der Waals surface area contributed by atoms with E-state index in [1.807, 2.05) is 86.2 Å². The van der Waals surface area contributed by atoms with Crippen molar-refractivity contribution in [1.82, 2.24) is 52.9 Å². The van der Waals surface area contributed by atoms with Gasteiger partial charge in [0.25, 0.3) is 0 Å². The summed E-state index contributed by atoms with van der Waals surface area (Å²) >= 11 is 3.21. The van der Waals surface area contributed by atoms with Crippen molar-refractivity contribution < 1.29 is 8.94 Å². The van der Waals surface area contributed by atoms with E-state index in [4.69, 9.17) is 8.94 Å². The third kappa shape index (κ3) is 108. The molecule has 15 nitrogen and oxygen atoms in total. The minimum atomic E-state index is -0.206. The fourth-order valence-electron chi connectivity index (χ4n) is 5.83. The van der Waals surface area contributed by atoms with E-state index in [0.717, 1.165) is 16.9 Å². The molecular formula is C100H191N11O4S2. The molecule has 0 unspecified atom stereocenters. The quantitative estimate of drug-likeness (QED) is 0.142. The van der Waals surface area contributed by atoms with Gasteiger partial charge in [-0.2, -0.15) is 5.10 Å². The zero-order valence-corrected chi connectivity index (χ0v) is 89.3. The highest BCUT2D eigenvalue weighted by Crippen LogP contribution is 2.27. The van der Waals surface area contributed by atoms with E-state index in [2.05, 4.69) is 412 Å². The van der Waals surface area contributed by atoms with Gasteiger partial charge >= 0.3 is 5.69 Å². The molecule has 0 saturated heterocycles. The van der Waals surface area contributed by atoms with Crippen LogP contribution in [0, 0.1) is 50.2 Å². The summed E-state index contributed by atoms with van der Waals surface area (Å²) in [4.78, 5) is 39.0. The van der Waals surface area contributed by atoms with E-state index in [9.17, 15) is 9.59 Å². The van der Waals surface area contributed by atoms with Crippen molar-refractivity contribution in [1.29, 1.82) is 0 Å². The molecule has 0 aliphatic carbocycles. The third-order valence-corrected chi connectivity index (χ3v) is 13.0. The van der Waals surface area contributed by atoms with E-state index in [0.29, 0.717) is 43.3 Å². The second-order valence-electron chi connectivity index (χ2n) is 50.0. The van der Waals surface area contributed by atoms with Gasteiger partial charge in [0.15, 0.2) is 6.39 Å². The number of imidazole rings is 1. The molecule has 8 rings (SSSR count). The fraction of sp³-hybridized carbons (Fsp3) is 0.730. The molecule has 0 spiro atoms. The standard InChI is InChI=1S/C10H15NO.C9H14N2O.2C8H14N2.2C7H11NO.C7H11NS.8C5H12.C4H5NS/c1-10(2,3)8-5-6-9(12)11(4)7-8;1-9(2,3)7-5-10-8(12)11(4)6-7;1-8(2,3)7-5-9-6-10(7)4;1-8(2,3)7-5-9-10(4)6-7;1-7(2,3)6-4-8-5-9-6;1-7(2,3)6-4-8-9-5-6;1-7(2,3)6-4-8-5-9-6;8*1-5(2,3)4;1-4-2-5-6-3-4/h5-7H,1-4H3;5-6H,1-4H3;2*5-6H,1-4H3;3*4-5H,1-3H3;8*1-4H3;2-3H,1H3. The van der Waals surface area contributed by atoms with Gasteiger partial charge in [-0.05, 0) is 111 Å². The highest BCUT2D eigenvalue weighted by molar-refractivity contribution is 7.09. The molecule has 0 N–H and O–H groups in total. The van der Waals surface area contributed by atoms with Crippen LogP contribution < -0.4 is 11.2 Å². The number of pyridine rings is 1. The maximum Gasteiger partial charge on any atom is 0.347 e. The molecule has 0 radical (unpaired) electrons. The van der Waals surface area contributed by atoms with E-state index >= 15 is 0 Å². The van der Waals surface area contributed by atoms with Crippen molar-refractivity contribution in [3.05, 3.63) is 169 Å². The lowest BCUT2D eigenvalue weighted by Crippen LogP contribution is -2.23. The van der Waals surface area contributed by atoms with Crippen LogP contribution >= 0.6 is 22.9 Å². The lowest BCUT2D eigenvalue weighted by molar-refractivity contribution is 0.408. The first kappa shape index (κ1) is 127. The number of aryl methyl sites for hydroxylation is 5. The van der Waals surface area contributed by atoms with Gasteiger partial charge in [-0.25, -0.2) is 24.1 Å². The normalized spacial score (nSPS) is 11.7. The van der Waals surface area contributed by atoms with Gasteiger partial charge in [-0.1, -0.05) is 378 Å². The van der Waals surface area contributed by atoms with Crippen LogP contribution in [0.2, 0.25) is 0 Å². The van der Waals surface area contributed by atoms with Crippen LogP contribution in [0.15, 0.2) is 123 Å². The van der Waals surface area contributed by atoms with Gasteiger partial charge in [0.1, 0.15) is 12.0 Å². The Balaban J connectivity index is -0.000000183. The highest BCUT2D eigenvalue weighted by Gasteiger charge is 2.20. The molecule has 0 saturated carbocycles. The summed E-state index contributed by atoms with van der Waals surface area (Å²) in [5, 5.41) is 9.73. The molecule has 8 heterocycles. The average molecular weight is 1680 g/mol. The van der Waals surface area contributed by atoms with Gasteiger partial charge in [0, 0.05) is 110 Å².